The van der Waals surface area contributed by atoms with Crippen molar-refractivity contribution in [3.63, 3.8) is 0 Å². The molecule has 36 heavy (non-hydrogen) atoms. The Morgan fingerprint density at radius 2 is 1.94 bits per heavy atom. The Morgan fingerprint density at radius 1 is 1.19 bits per heavy atom. The molecule has 1 fully saturated rings. The second kappa shape index (κ2) is 11.9. The number of carbonyl (C=O) groups excluding carboxylic acids is 1. The number of hydrogen-bond acceptors (Lipinski definition) is 8. The SMILES string of the molecule is CC(C)CN(C(=O)CN1CCCN(c2ncccc2C#N)CC1)c1c(N)n(CC(C)C)c(=O)[nH]c1=O. The first-order valence-corrected chi connectivity index (χ1v) is 12.4. The van der Waals surface area contributed by atoms with Gasteiger partial charge >= 0.3 is 5.69 Å². The molecule has 3 heterocycles. The third kappa shape index (κ3) is 6.31. The fourth-order valence-electron chi connectivity index (χ4n) is 4.42. The Hall–Kier alpha value is -3.65. The fraction of sp³-hybridized carbons (Fsp3) is 0.560. The normalized spacial score (nSPS) is 14.6. The highest BCUT2D eigenvalue weighted by Gasteiger charge is 2.27. The van der Waals surface area contributed by atoms with Crippen LogP contribution >= 0.6 is 0 Å². The summed E-state index contributed by atoms with van der Waals surface area (Å²) < 4.78 is 1.32. The monoisotopic (exact) mass is 496 g/mol. The largest absolute Gasteiger partial charge is 0.383 e. The Balaban J connectivity index is 1.83. The molecule has 0 spiro atoms. The highest BCUT2D eigenvalue weighted by atomic mass is 16.2. The number of nitrogen functional groups attached to an aromatic ring is 1. The maximum Gasteiger partial charge on any atom is 0.330 e. The van der Waals surface area contributed by atoms with Gasteiger partial charge in [0.25, 0.3) is 5.56 Å². The predicted molar refractivity (Wildman–Crippen MR) is 140 cm³/mol. The van der Waals surface area contributed by atoms with Crippen molar-refractivity contribution in [2.45, 2.75) is 40.7 Å². The summed E-state index contributed by atoms with van der Waals surface area (Å²) in [4.78, 5) is 51.0. The van der Waals surface area contributed by atoms with Crippen LogP contribution in [0.15, 0.2) is 27.9 Å². The van der Waals surface area contributed by atoms with Crippen molar-refractivity contribution in [1.82, 2.24) is 19.4 Å². The first kappa shape index (κ1) is 26.9. The van der Waals surface area contributed by atoms with E-state index in [-0.39, 0.29) is 35.8 Å². The zero-order valence-corrected chi connectivity index (χ0v) is 21.5. The molecule has 3 N–H and O–H groups in total. The molecule has 1 aliphatic heterocycles. The maximum atomic E-state index is 13.6. The maximum absolute atomic E-state index is 13.6. The van der Waals surface area contributed by atoms with Gasteiger partial charge in [0.2, 0.25) is 5.91 Å². The van der Waals surface area contributed by atoms with Crippen LogP contribution in [0.2, 0.25) is 0 Å². The van der Waals surface area contributed by atoms with Crippen molar-refractivity contribution in [3.8, 4) is 6.07 Å². The van der Waals surface area contributed by atoms with Crippen LogP contribution in [0, 0.1) is 23.2 Å². The summed E-state index contributed by atoms with van der Waals surface area (Å²) in [5.74, 6) is 0.610. The summed E-state index contributed by atoms with van der Waals surface area (Å²) in [7, 11) is 0. The smallest absolute Gasteiger partial charge is 0.330 e. The van der Waals surface area contributed by atoms with Crippen molar-refractivity contribution in [3.05, 3.63) is 44.7 Å². The van der Waals surface area contributed by atoms with Crippen LogP contribution in [0.1, 0.15) is 39.7 Å². The summed E-state index contributed by atoms with van der Waals surface area (Å²) in [6.07, 6.45) is 2.47. The number of aromatic nitrogens is 3. The van der Waals surface area contributed by atoms with E-state index in [1.54, 1.807) is 18.3 Å². The van der Waals surface area contributed by atoms with Gasteiger partial charge in [0, 0.05) is 45.5 Å². The number of H-pyrrole nitrogens is 1. The Bertz CT molecular complexity index is 1230. The Morgan fingerprint density at radius 3 is 2.61 bits per heavy atom. The minimum absolute atomic E-state index is 0.00711. The van der Waals surface area contributed by atoms with Gasteiger partial charge in [-0.3, -0.25) is 24.0 Å². The quantitative estimate of drug-likeness (QED) is 0.555. The van der Waals surface area contributed by atoms with Gasteiger partial charge in [-0.05, 0) is 30.4 Å². The Kier molecular flexibility index (Phi) is 8.88. The minimum atomic E-state index is -0.660. The standard InChI is InChI=1S/C25H36N8O3/c1-17(2)14-32(21-22(27)33(15-18(3)4)25(36)29-24(21)35)20(34)16-30-9-6-10-31(12-11-30)23-19(13-26)7-5-8-28-23/h5,7-8,17-18H,6,9-12,14-16,27H2,1-4H3,(H,29,35,36). The average Bonchev–Trinajstić information content (AvgIpc) is 3.06. The van der Waals surface area contributed by atoms with Crippen molar-refractivity contribution in [2.24, 2.45) is 11.8 Å². The van der Waals surface area contributed by atoms with E-state index in [1.165, 1.54) is 9.47 Å². The van der Waals surface area contributed by atoms with Crippen LogP contribution in [-0.4, -0.2) is 64.6 Å². The zero-order chi connectivity index (χ0) is 26.4. The number of hydrogen-bond donors (Lipinski definition) is 2. The number of carbonyl (C=O) groups is 1. The van der Waals surface area contributed by atoms with Gasteiger partial charge in [0.15, 0.2) is 5.69 Å². The number of amides is 1. The molecule has 1 saturated heterocycles. The molecule has 2 aromatic rings. The summed E-state index contributed by atoms with van der Waals surface area (Å²) >= 11 is 0. The van der Waals surface area contributed by atoms with Gasteiger partial charge in [-0.15, -0.1) is 0 Å². The van der Waals surface area contributed by atoms with E-state index in [2.05, 4.69) is 20.9 Å². The molecule has 0 unspecified atom stereocenters. The highest BCUT2D eigenvalue weighted by Crippen LogP contribution is 2.21. The molecule has 0 bridgehead atoms. The third-order valence-electron chi connectivity index (χ3n) is 6.03. The Labute approximate surface area is 211 Å². The predicted octanol–water partition coefficient (Wildman–Crippen LogP) is 1.24. The molecule has 3 rings (SSSR count). The van der Waals surface area contributed by atoms with Crippen LogP contribution in [0.5, 0.6) is 0 Å². The lowest BCUT2D eigenvalue weighted by Crippen LogP contribution is -2.47. The topological polar surface area (TPSA) is 144 Å². The van der Waals surface area contributed by atoms with Crippen LogP contribution in [0.3, 0.4) is 0 Å². The lowest BCUT2D eigenvalue weighted by molar-refractivity contribution is -0.119. The van der Waals surface area contributed by atoms with Crippen LogP contribution in [-0.2, 0) is 11.3 Å². The second-order valence-electron chi connectivity index (χ2n) is 10.00. The molecule has 11 heteroatoms. The van der Waals surface area contributed by atoms with E-state index < -0.39 is 11.2 Å². The number of nitrogens with one attached hydrogen (secondary N) is 1. The molecule has 11 nitrogen and oxygen atoms in total. The molecule has 1 aliphatic rings. The van der Waals surface area contributed by atoms with Crippen molar-refractivity contribution >= 4 is 23.2 Å². The lowest BCUT2D eigenvalue weighted by atomic mass is 10.2. The first-order valence-electron chi connectivity index (χ1n) is 12.4. The van der Waals surface area contributed by atoms with Crippen LogP contribution in [0.25, 0.3) is 0 Å². The molecule has 0 atom stereocenters. The van der Waals surface area contributed by atoms with Gasteiger partial charge in [-0.1, -0.05) is 27.7 Å². The van der Waals surface area contributed by atoms with E-state index in [0.717, 1.165) is 13.0 Å². The van der Waals surface area contributed by atoms with Crippen LogP contribution < -0.4 is 26.8 Å². The minimum Gasteiger partial charge on any atom is -0.383 e. The van der Waals surface area contributed by atoms with E-state index in [4.69, 9.17) is 5.73 Å². The molecule has 0 radical (unpaired) electrons. The third-order valence-corrected chi connectivity index (χ3v) is 6.03. The zero-order valence-electron chi connectivity index (χ0n) is 21.5. The first-order chi connectivity index (χ1) is 17.1. The summed E-state index contributed by atoms with van der Waals surface area (Å²) in [6, 6.07) is 5.68. The molecule has 2 aromatic heterocycles. The molecule has 0 aliphatic carbocycles. The number of aromatic amines is 1. The number of nitrogens with zero attached hydrogens (tertiary/aromatic N) is 6. The highest BCUT2D eigenvalue weighted by molar-refractivity contribution is 5.96. The number of nitriles is 1. The molecule has 0 aromatic carbocycles. The van der Waals surface area contributed by atoms with Gasteiger partial charge in [0.1, 0.15) is 17.7 Å². The summed E-state index contributed by atoms with van der Waals surface area (Å²) in [5, 5.41) is 9.42. The summed E-state index contributed by atoms with van der Waals surface area (Å²) in [6.45, 7) is 11.2. The molecule has 0 saturated carbocycles. The lowest BCUT2D eigenvalue weighted by Gasteiger charge is -2.29. The molecule has 194 valence electrons. The number of nitrogens with two attached hydrogens (primary N) is 1. The number of pyridine rings is 1. The van der Waals surface area contributed by atoms with Gasteiger partial charge < -0.3 is 15.5 Å². The summed E-state index contributed by atoms with van der Waals surface area (Å²) in [5.41, 5.74) is 5.62. The van der Waals surface area contributed by atoms with E-state index in [0.29, 0.717) is 44.1 Å². The fourth-order valence-corrected chi connectivity index (χ4v) is 4.42. The number of anilines is 3. The van der Waals surface area contributed by atoms with Crippen molar-refractivity contribution < 1.29 is 4.79 Å². The molecular weight excluding hydrogens is 460 g/mol. The van der Waals surface area contributed by atoms with Crippen molar-refractivity contribution in [2.75, 3.05) is 54.8 Å². The average molecular weight is 497 g/mol. The van der Waals surface area contributed by atoms with E-state index >= 15 is 0 Å². The second-order valence-corrected chi connectivity index (χ2v) is 10.00. The number of rotatable bonds is 8. The van der Waals surface area contributed by atoms with Gasteiger partial charge in [-0.2, -0.15) is 5.26 Å². The molecule has 1 amide bonds. The van der Waals surface area contributed by atoms with Crippen molar-refractivity contribution in [1.29, 1.82) is 5.26 Å². The van der Waals surface area contributed by atoms with E-state index in [1.807, 2.05) is 32.6 Å². The molecular formula is C25H36N8O3. The van der Waals surface area contributed by atoms with Crippen LogP contribution in [0.4, 0.5) is 17.3 Å². The van der Waals surface area contributed by atoms with E-state index in [9.17, 15) is 19.6 Å². The van der Waals surface area contributed by atoms with Gasteiger partial charge in [0.05, 0.1) is 12.1 Å². The van der Waals surface area contributed by atoms with Gasteiger partial charge in [-0.25, -0.2) is 9.78 Å².